The first-order valence-electron chi connectivity index (χ1n) is 4.36. The van der Waals surface area contributed by atoms with Gasteiger partial charge in [0.15, 0.2) is 0 Å². The minimum atomic E-state index is -0.888. The van der Waals surface area contributed by atoms with Gasteiger partial charge in [0.25, 0.3) is 0 Å². The van der Waals surface area contributed by atoms with Crippen molar-refractivity contribution < 1.29 is 4.21 Å². The Labute approximate surface area is 80.8 Å². The van der Waals surface area contributed by atoms with Gasteiger partial charge in [0, 0.05) is 6.54 Å². The van der Waals surface area contributed by atoms with Crippen LogP contribution in [0.5, 0.6) is 0 Å². The number of fused-ring (bicyclic) bond motifs is 1. The first kappa shape index (κ1) is 8.75. The first-order valence-corrected chi connectivity index (χ1v) is 5.51. The summed E-state index contributed by atoms with van der Waals surface area (Å²) >= 11 is 0. The summed E-state index contributed by atoms with van der Waals surface area (Å²) in [6.45, 7) is 4.81. The van der Waals surface area contributed by atoms with E-state index in [0.717, 1.165) is 17.1 Å². The summed E-state index contributed by atoms with van der Waals surface area (Å²) in [6.07, 6.45) is 0. The van der Waals surface area contributed by atoms with E-state index in [1.165, 1.54) is 0 Å². The highest BCUT2D eigenvalue weighted by molar-refractivity contribution is 7.86. The molecule has 3 heteroatoms. The van der Waals surface area contributed by atoms with E-state index in [-0.39, 0.29) is 4.75 Å². The number of para-hydroxylation sites is 1. The van der Waals surface area contributed by atoms with Crippen LogP contribution < -0.4 is 5.32 Å². The van der Waals surface area contributed by atoms with E-state index in [9.17, 15) is 4.21 Å². The quantitative estimate of drug-likeness (QED) is 0.686. The van der Waals surface area contributed by atoms with E-state index in [1.807, 2.05) is 38.1 Å². The zero-order chi connectivity index (χ0) is 9.47. The summed E-state index contributed by atoms with van der Waals surface area (Å²) in [5, 5.41) is 3.29. The van der Waals surface area contributed by atoms with E-state index < -0.39 is 10.8 Å². The summed E-state index contributed by atoms with van der Waals surface area (Å²) in [5.74, 6) is 0. The summed E-state index contributed by atoms with van der Waals surface area (Å²) in [7, 11) is -0.888. The molecule has 1 aliphatic heterocycles. The number of benzene rings is 1. The zero-order valence-electron chi connectivity index (χ0n) is 7.83. The molecule has 1 N–H and O–H groups in total. The molecule has 1 heterocycles. The van der Waals surface area contributed by atoms with E-state index >= 15 is 0 Å². The zero-order valence-corrected chi connectivity index (χ0v) is 8.65. The number of anilines is 1. The van der Waals surface area contributed by atoms with E-state index in [1.54, 1.807) is 0 Å². The SMILES string of the molecule is CC1(C)CNc2ccccc2S1=O. The molecule has 13 heavy (non-hydrogen) atoms. The van der Waals surface area contributed by atoms with Gasteiger partial charge < -0.3 is 5.32 Å². The molecule has 2 rings (SSSR count). The molecule has 0 saturated carbocycles. The Bertz CT molecular complexity index is 360. The van der Waals surface area contributed by atoms with Gasteiger partial charge in [0.05, 0.1) is 26.1 Å². The lowest BCUT2D eigenvalue weighted by molar-refractivity contribution is 0.631. The smallest absolute Gasteiger partial charge is 0.0625 e. The summed E-state index contributed by atoms with van der Waals surface area (Å²) < 4.78 is 11.9. The van der Waals surface area contributed by atoms with Gasteiger partial charge in [-0.05, 0) is 26.0 Å². The molecule has 1 aromatic carbocycles. The van der Waals surface area contributed by atoms with Crippen molar-refractivity contribution in [3.05, 3.63) is 24.3 Å². The van der Waals surface area contributed by atoms with E-state index in [4.69, 9.17) is 0 Å². The first-order chi connectivity index (χ1) is 6.11. The van der Waals surface area contributed by atoms with E-state index in [0.29, 0.717) is 0 Å². The average molecular weight is 195 g/mol. The van der Waals surface area contributed by atoms with Gasteiger partial charge in [0.1, 0.15) is 0 Å². The Hall–Kier alpha value is -0.830. The Balaban J connectivity index is 2.52. The molecule has 0 saturated heterocycles. The van der Waals surface area contributed by atoms with Crippen molar-refractivity contribution in [2.24, 2.45) is 0 Å². The predicted molar refractivity (Wildman–Crippen MR) is 55.4 cm³/mol. The predicted octanol–water partition coefficient (Wildman–Crippen LogP) is 2.00. The highest BCUT2D eigenvalue weighted by atomic mass is 32.2. The van der Waals surface area contributed by atoms with Gasteiger partial charge in [-0.3, -0.25) is 4.21 Å². The molecule has 1 aliphatic rings. The van der Waals surface area contributed by atoms with Crippen molar-refractivity contribution in [2.45, 2.75) is 23.5 Å². The molecule has 2 nitrogen and oxygen atoms in total. The summed E-state index contributed by atoms with van der Waals surface area (Å²) in [5.41, 5.74) is 1.01. The fraction of sp³-hybridized carbons (Fsp3) is 0.400. The molecule has 1 aromatic rings. The largest absolute Gasteiger partial charge is 0.383 e. The second kappa shape index (κ2) is 2.84. The summed E-state index contributed by atoms with van der Waals surface area (Å²) in [6, 6.07) is 7.79. The maximum absolute atomic E-state index is 12.0. The third kappa shape index (κ3) is 1.37. The molecule has 0 aliphatic carbocycles. The van der Waals surface area contributed by atoms with Gasteiger partial charge in [-0.25, -0.2) is 0 Å². The van der Waals surface area contributed by atoms with Crippen LogP contribution in [0.4, 0.5) is 5.69 Å². The van der Waals surface area contributed by atoms with Crippen molar-refractivity contribution in [3.8, 4) is 0 Å². The van der Waals surface area contributed by atoms with Crippen molar-refractivity contribution in [2.75, 3.05) is 11.9 Å². The Morgan fingerprint density at radius 3 is 2.85 bits per heavy atom. The molecule has 0 radical (unpaired) electrons. The van der Waals surface area contributed by atoms with Gasteiger partial charge >= 0.3 is 0 Å². The molecule has 0 amide bonds. The highest BCUT2D eigenvalue weighted by Crippen LogP contribution is 2.31. The fourth-order valence-corrected chi connectivity index (χ4v) is 2.79. The minimum Gasteiger partial charge on any atom is -0.383 e. The van der Waals surface area contributed by atoms with E-state index in [2.05, 4.69) is 5.32 Å². The van der Waals surface area contributed by atoms with Crippen LogP contribution in [0, 0.1) is 0 Å². The van der Waals surface area contributed by atoms with Gasteiger partial charge in [-0.15, -0.1) is 0 Å². The highest BCUT2D eigenvalue weighted by Gasteiger charge is 2.32. The second-order valence-electron chi connectivity index (χ2n) is 3.88. The van der Waals surface area contributed by atoms with Crippen LogP contribution in [0.25, 0.3) is 0 Å². The van der Waals surface area contributed by atoms with Gasteiger partial charge in [-0.1, -0.05) is 12.1 Å². The fourth-order valence-electron chi connectivity index (χ4n) is 1.45. The number of hydrogen-bond acceptors (Lipinski definition) is 2. The van der Waals surface area contributed by atoms with Crippen LogP contribution in [-0.2, 0) is 10.8 Å². The average Bonchev–Trinajstić information content (AvgIpc) is 2.13. The standard InChI is InChI=1S/C10H13NOS/c1-10(2)7-11-8-5-3-4-6-9(8)13(10)12/h3-6,11H,7H2,1-2H3. The normalized spacial score (nSPS) is 24.6. The molecule has 0 spiro atoms. The van der Waals surface area contributed by atoms with Crippen molar-refractivity contribution in [1.29, 1.82) is 0 Å². The molecular weight excluding hydrogens is 182 g/mol. The topological polar surface area (TPSA) is 29.1 Å². The van der Waals surface area contributed by atoms with Crippen molar-refractivity contribution in [3.63, 3.8) is 0 Å². The molecule has 70 valence electrons. The molecule has 1 atom stereocenters. The van der Waals surface area contributed by atoms with Crippen molar-refractivity contribution >= 4 is 16.5 Å². The van der Waals surface area contributed by atoms with Crippen molar-refractivity contribution in [1.82, 2.24) is 0 Å². The van der Waals surface area contributed by atoms with Crippen LogP contribution >= 0.6 is 0 Å². The second-order valence-corrected chi connectivity index (χ2v) is 5.96. The molecule has 1 unspecified atom stereocenters. The molecule has 0 bridgehead atoms. The third-order valence-electron chi connectivity index (χ3n) is 2.29. The van der Waals surface area contributed by atoms with Crippen LogP contribution in [0.3, 0.4) is 0 Å². The van der Waals surface area contributed by atoms with Crippen LogP contribution in [0.2, 0.25) is 0 Å². The molecular formula is C10H13NOS. The monoisotopic (exact) mass is 195 g/mol. The summed E-state index contributed by atoms with van der Waals surface area (Å²) in [4.78, 5) is 0.929. The van der Waals surface area contributed by atoms with Crippen LogP contribution in [0.15, 0.2) is 29.2 Å². The maximum Gasteiger partial charge on any atom is 0.0625 e. The maximum atomic E-state index is 12.0. The molecule has 0 fully saturated rings. The van der Waals surface area contributed by atoms with Gasteiger partial charge in [-0.2, -0.15) is 0 Å². The minimum absolute atomic E-state index is 0.158. The lowest BCUT2D eigenvalue weighted by Gasteiger charge is -2.31. The number of rotatable bonds is 0. The lowest BCUT2D eigenvalue weighted by Crippen LogP contribution is -2.39. The Kier molecular flexibility index (Phi) is 1.91. The van der Waals surface area contributed by atoms with Gasteiger partial charge in [0.2, 0.25) is 0 Å². The lowest BCUT2D eigenvalue weighted by atomic mass is 10.2. The number of nitrogens with one attached hydrogen (secondary N) is 1. The Morgan fingerprint density at radius 1 is 1.38 bits per heavy atom. The number of hydrogen-bond donors (Lipinski definition) is 1. The van der Waals surface area contributed by atoms with Crippen LogP contribution in [0.1, 0.15) is 13.8 Å². The molecule has 0 aromatic heterocycles. The third-order valence-corrected chi connectivity index (χ3v) is 4.20. The Morgan fingerprint density at radius 2 is 2.08 bits per heavy atom. The van der Waals surface area contributed by atoms with Crippen LogP contribution in [-0.4, -0.2) is 15.5 Å².